The zero-order chi connectivity index (χ0) is 14.2. The Morgan fingerprint density at radius 3 is 3.05 bits per heavy atom. The van der Waals surface area contributed by atoms with E-state index >= 15 is 0 Å². The molecule has 0 radical (unpaired) electrons. The van der Waals surface area contributed by atoms with Gasteiger partial charge in [0.15, 0.2) is 0 Å². The molecule has 3 heteroatoms. The summed E-state index contributed by atoms with van der Waals surface area (Å²) < 4.78 is 5.79. The van der Waals surface area contributed by atoms with Gasteiger partial charge in [0.25, 0.3) is 0 Å². The van der Waals surface area contributed by atoms with Gasteiger partial charge >= 0.3 is 0 Å². The summed E-state index contributed by atoms with van der Waals surface area (Å²) in [5.41, 5.74) is 1.25. The van der Waals surface area contributed by atoms with Crippen LogP contribution in [-0.4, -0.2) is 44.7 Å². The fraction of sp³-hybridized carbons (Fsp3) is 0.647. The summed E-state index contributed by atoms with van der Waals surface area (Å²) in [6.07, 6.45) is 3.79. The first kappa shape index (κ1) is 15.3. The van der Waals surface area contributed by atoms with Crippen LogP contribution >= 0.6 is 0 Å². The molecule has 1 aliphatic rings. The van der Waals surface area contributed by atoms with Gasteiger partial charge in [-0.1, -0.05) is 12.1 Å². The molecule has 1 aromatic rings. The Morgan fingerprint density at radius 1 is 1.40 bits per heavy atom. The quantitative estimate of drug-likeness (QED) is 0.775. The fourth-order valence-electron chi connectivity index (χ4n) is 2.84. The van der Waals surface area contributed by atoms with E-state index in [1.54, 1.807) is 0 Å². The first-order valence-corrected chi connectivity index (χ1v) is 7.83. The predicted molar refractivity (Wildman–Crippen MR) is 84.4 cm³/mol. The molecule has 0 bridgehead atoms. The van der Waals surface area contributed by atoms with Crippen molar-refractivity contribution in [3.8, 4) is 5.75 Å². The molecule has 1 unspecified atom stereocenters. The average Bonchev–Trinajstić information content (AvgIpc) is 2.45. The van der Waals surface area contributed by atoms with Crippen LogP contribution in [0.15, 0.2) is 24.3 Å². The number of hydrogen-bond acceptors (Lipinski definition) is 3. The van der Waals surface area contributed by atoms with Crippen molar-refractivity contribution in [1.82, 2.24) is 10.2 Å². The Bertz CT molecular complexity index is 388. The van der Waals surface area contributed by atoms with Crippen molar-refractivity contribution in [1.29, 1.82) is 0 Å². The largest absolute Gasteiger partial charge is 0.494 e. The summed E-state index contributed by atoms with van der Waals surface area (Å²) in [5, 5.41) is 3.48. The Kier molecular flexibility index (Phi) is 6.34. The first-order chi connectivity index (χ1) is 9.74. The average molecular weight is 276 g/mol. The van der Waals surface area contributed by atoms with Crippen molar-refractivity contribution in [3.05, 3.63) is 29.8 Å². The van der Waals surface area contributed by atoms with Gasteiger partial charge in [-0.15, -0.1) is 0 Å². The number of piperidine rings is 1. The van der Waals surface area contributed by atoms with E-state index in [1.807, 2.05) is 12.1 Å². The molecule has 1 aliphatic heterocycles. The van der Waals surface area contributed by atoms with Crippen molar-refractivity contribution >= 4 is 0 Å². The first-order valence-electron chi connectivity index (χ1n) is 7.83. The van der Waals surface area contributed by atoms with Gasteiger partial charge < -0.3 is 15.0 Å². The minimum atomic E-state index is 0.802. The molecule has 1 atom stereocenters. The Labute approximate surface area is 123 Å². The maximum absolute atomic E-state index is 5.79. The normalized spacial score (nSPS) is 19.2. The second-order valence-electron chi connectivity index (χ2n) is 5.99. The van der Waals surface area contributed by atoms with Crippen LogP contribution in [0.25, 0.3) is 0 Å². The van der Waals surface area contributed by atoms with E-state index in [9.17, 15) is 0 Å². The van der Waals surface area contributed by atoms with Gasteiger partial charge in [0, 0.05) is 13.1 Å². The third-order valence-corrected chi connectivity index (χ3v) is 3.91. The molecule has 1 saturated heterocycles. The number of aryl methyl sites for hydroxylation is 1. The van der Waals surface area contributed by atoms with Gasteiger partial charge in [0.2, 0.25) is 0 Å². The Hall–Kier alpha value is -1.06. The standard InChI is InChI=1S/C17H28N2O/c1-15-6-3-8-17(12-15)20-11-5-10-19(2)14-16-7-4-9-18-13-16/h3,6,8,12,16,18H,4-5,7,9-11,13-14H2,1-2H3. The summed E-state index contributed by atoms with van der Waals surface area (Å²) in [6.45, 7) is 7.60. The molecule has 20 heavy (non-hydrogen) atoms. The SMILES string of the molecule is Cc1cccc(OCCCN(C)CC2CCCNC2)c1. The van der Waals surface area contributed by atoms with E-state index in [1.165, 1.54) is 38.0 Å². The summed E-state index contributed by atoms with van der Waals surface area (Å²) >= 11 is 0. The summed E-state index contributed by atoms with van der Waals surface area (Å²) in [7, 11) is 2.22. The lowest BCUT2D eigenvalue weighted by Gasteiger charge is -2.27. The smallest absolute Gasteiger partial charge is 0.119 e. The highest BCUT2D eigenvalue weighted by Crippen LogP contribution is 2.13. The zero-order valence-electron chi connectivity index (χ0n) is 12.9. The third-order valence-electron chi connectivity index (χ3n) is 3.91. The molecule has 2 rings (SSSR count). The van der Waals surface area contributed by atoms with Crippen LogP contribution in [0.3, 0.4) is 0 Å². The molecule has 0 spiro atoms. The highest BCUT2D eigenvalue weighted by atomic mass is 16.5. The summed E-state index contributed by atoms with van der Waals surface area (Å²) in [5.74, 6) is 1.82. The van der Waals surface area contributed by atoms with Crippen LogP contribution in [0, 0.1) is 12.8 Å². The van der Waals surface area contributed by atoms with Crippen LogP contribution < -0.4 is 10.1 Å². The zero-order valence-corrected chi connectivity index (χ0v) is 12.9. The Balaban J connectivity index is 1.58. The van der Waals surface area contributed by atoms with E-state index in [0.29, 0.717) is 0 Å². The summed E-state index contributed by atoms with van der Waals surface area (Å²) in [4.78, 5) is 2.44. The maximum Gasteiger partial charge on any atom is 0.119 e. The van der Waals surface area contributed by atoms with Crippen LogP contribution in [0.1, 0.15) is 24.8 Å². The van der Waals surface area contributed by atoms with E-state index < -0.39 is 0 Å². The number of nitrogens with one attached hydrogen (secondary N) is 1. The molecule has 1 heterocycles. The van der Waals surface area contributed by atoms with Gasteiger partial charge in [-0.05, 0) is 69.9 Å². The van der Waals surface area contributed by atoms with Crippen LogP contribution in [0.5, 0.6) is 5.75 Å². The molecule has 0 aliphatic carbocycles. The molecule has 1 aromatic carbocycles. The second-order valence-corrected chi connectivity index (χ2v) is 5.99. The number of hydrogen-bond donors (Lipinski definition) is 1. The maximum atomic E-state index is 5.79. The minimum absolute atomic E-state index is 0.802. The second kappa shape index (κ2) is 8.28. The van der Waals surface area contributed by atoms with Crippen molar-refractivity contribution in [3.63, 3.8) is 0 Å². The van der Waals surface area contributed by atoms with E-state index in [2.05, 4.69) is 36.3 Å². The lowest BCUT2D eigenvalue weighted by atomic mass is 9.99. The number of benzene rings is 1. The van der Waals surface area contributed by atoms with Gasteiger partial charge in [-0.2, -0.15) is 0 Å². The molecule has 1 fully saturated rings. The van der Waals surface area contributed by atoms with E-state index in [0.717, 1.165) is 31.2 Å². The van der Waals surface area contributed by atoms with Gasteiger partial charge in [0.05, 0.1) is 6.61 Å². The number of nitrogens with zero attached hydrogens (tertiary/aromatic N) is 1. The topological polar surface area (TPSA) is 24.5 Å². The van der Waals surface area contributed by atoms with Crippen LogP contribution in [0.2, 0.25) is 0 Å². The number of ether oxygens (including phenoxy) is 1. The van der Waals surface area contributed by atoms with E-state index in [4.69, 9.17) is 4.74 Å². The van der Waals surface area contributed by atoms with Gasteiger partial charge in [-0.25, -0.2) is 0 Å². The van der Waals surface area contributed by atoms with Crippen molar-refractivity contribution < 1.29 is 4.74 Å². The van der Waals surface area contributed by atoms with Crippen molar-refractivity contribution in [2.75, 3.05) is 39.8 Å². The highest BCUT2D eigenvalue weighted by molar-refractivity contribution is 5.27. The highest BCUT2D eigenvalue weighted by Gasteiger charge is 2.14. The van der Waals surface area contributed by atoms with Crippen molar-refractivity contribution in [2.45, 2.75) is 26.2 Å². The van der Waals surface area contributed by atoms with Crippen molar-refractivity contribution in [2.24, 2.45) is 5.92 Å². The van der Waals surface area contributed by atoms with Crippen LogP contribution in [-0.2, 0) is 0 Å². The number of rotatable bonds is 7. The minimum Gasteiger partial charge on any atom is -0.494 e. The van der Waals surface area contributed by atoms with Crippen LogP contribution in [0.4, 0.5) is 0 Å². The predicted octanol–water partition coefficient (Wildman–Crippen LogP) is 2.70. The lowest BCUT2D eigenvalue weighted by molar-refractivity contribution is 0.220. The molecule has 0 saturated carbocycles. The third kappa shape index (κ3) is 5.51. The molecular formula is C17H28N2O. The molecule has 112 valence electrons. The molecule has 3 nitrogen and oxygen atoms in total. The van der Waals surface area contributed by atoms with Gasteiger partial charge in [-0.3, -0.25) is 0 Å². The van der Waals surface area contributed by atoms with E-state index in [-0.39, 0.29) is 0 Å². The lowest BCUT2D eigenvalue weighted by Crippen LogP contribution is -2.37. The monoisotopic (exact) mass is 276 g/mol. The fourth-order valence-corrected chi connectivity index (χ4v) is 2.84. The Morgan fingerprint density at radius 2 is 2.30 bits per heavy atom. The summed E-state index contributed by atoms with van der Waals surface area (Å²) in [6, 6.07) is 8.27. The molecule has 0 amide bonds. The molecule has 1 N–H and O–H groups in total. The van der Waals surface area contributed by atoms with Gasteiger partial charge in [0.1, 0.15) is 5.75 Å². The molecule has 0 aromatic heterocycles. The molecular weight excluding hydrogens is 248 g/mol.